The third kappa shape index (κ3) is 7.12. The maximum Gasteiger partial charge on any atom is 0.573 e. The zero-order valence-electron chi connectivity index (χ0n) is 20.1. The lowest BCUT2D eigenvalue weighted by Crippen LogP contribution is -2.18. The molecule has 6 nitrogen and oxygen atoms in total. The zero-order valence-corrected chi connectivity index (χ0v) is 20.9. The molecule has 1 heterocycles. The van der Waals surface area contributed by atoms with Gasteiger partial charge < -0.3 is 15.4 Å². The van der Waals surface area contributed by atoms with Crippen LogP contribution in [0.4, 0.5) is 28.4 Å². The standard InChI is InChI=1S/C28H19F4N3O3S/c29-21-10-6-16(13-23(21)33-25(36)15-18-2-1-3-20(12-18)38-28(30,31)32)4-5-17-7-11-22-24(14-17)39-27(34-22)35-26(37)19-8-9-19/h1-3,6-7,10-14,19H,8-9,15H2,(H,33,36)(H,34,35,37). The molecule has 3 aromatic carbocycles. The molecule has 2 N–H and O–H groups in total. The van der Waals surface area contributed by atoms with Crippen molar-refractivity contribution in [1.82, 2.24) is 4.98 Å². The molecule has 2 amide bonds. The van der Waals surface area contributed by atoms with Gasteiger partial charge in [0.15, 0.2) is 5.13 Å². The number of benzene rings is 3. The quantitative estimate of drug-likeness (QED) is 0.218. The summed E-state index contributed by atoms with van der Waals surface area (Å²) in [6, 6.07) is 14.4. The van der Waals surface area contributed by atoms with Gasteiger partial charge in [-0.1, -0.05) is 35.3 Å². The third-order valence-electron chi connectivity index (χ3n) is 5.66. The first kappa shape index (κ1) is 26.2. The Bertz CT molecular complexity index is 1630. The fourth-order valence-electron chi connectivity index (χ4n) is 3.68. The second kappa shape index (κ2) is 10.7. The lowest BCUT2D eigenvalue weighted by atomic mass is 10.1. The molecule has 0 radical (unpaired) electrons. The van der Waals surface area contributed by atoms with Crippen LogP contribution in [0.25, 0.3) is 10.2 Å². The summed E-state index contributed by atoms with van der Waals surface area (Å²) in [6.45, 7) is 0. The van der Waals surface area contributed by atoms with Crippen LogP contribution in [0.15, 0.2) is 60.7 Å². The summed E-state index contributed by atoms with van der Waals surface area (Å²) in [7, 11) is 0. The van der Waals surface area contributed by atoms with Crippen molar-refractivity contribution in [2.45, 2.75) is 25.6 Å². The van der Waals surface area contributed by atoms with Crippen LogP contribution in [0, 0.1) is 23.6 Å². The van der Waals surface area contributed by atoms with Crippen molar-refractivity contribution in [2.24, 2.45) is 5.92 Å². The van der Waals surface area contributed by atoms with Gasteiger partial charge in [0, 0.05) is 17.0 Å². The van der Waals surface area contributed by atoms with Crippen molar-refractivity contribution in [3.8, 4) is 17.6 Å². The van der Waals surface area contributed by atoms with Crippen molar-refractivity contribution in [2.75, 3.05) is 10.6 Å². The summed E-state index contributed by atoms with van der Waals surface area (Å²) in [5, 5.41) is 5.80. The van der Waals surface area contributed by atoms with Crippen LogP contribution in [0.3, 0.4) is 0 Å². The number of fused-ring (bicyclic) bond motifs is 1. The molecule has 1 aliphatic rings. The number of amides is 2. The number of carbonyl (C=O) groups is 2. The van der Waals surface area contributed by atoms with E-state index in [4.69, 9.17) is 0 Å². The zero-order chi connectivity index (χ0) is 27.6. The maximum atomic E-state index is 14.4. The number of nitrogens with zero attached hydrogens (tertiary/aromatic N) is 1. The molecule has 39 heavy (non-hydrogen) atoms. The molecule has 198 valence electrons. The minimum absolute atomic E-state index is 0.0164. The molecule has 0 aliphatic heterocycles. The number of halogens is 4. The Morgan fingerprint density at radius 1 is 1.00 bits per heavy atom. The summed E-state index contributed by atoms with van der Waals surface area (Å²) >= 11 is 1.35. The van der Waals surface area contributed by atoms with E-state index in [2.05, 4.69) is 32.2 Å². The van der Waals surface area contributed by atoms with Crippen molar-refractivity contribution < 1.29 is 31.9 Å². The van der Waals surface area contributed by atoms with E-state index in [0.717, 1.165) is 35.2 Å². The average Bonchev–Trinajstić information content (AvgIpc) is 3.64. The van der Waals surface area contributed by atoms with E-state index in [0.29, 0.717) is 16.3 Å². The van der Waals surface area contributed by atoms with Crippen molar-refractivity contribution in [3.63, 3.8) is 0 Å². The van der Waals surface area contributed by atoms with Crippen LogP contribution < -0.4 is 15.4 Å². The first-order chi connectivity index (χ1) is 18.6. The van der Waals surface area contributed by atoms with Gasteiger partial charge in [-0.15, -0.1) is 13.2 Å². The molecule has 5 rings (SSSR count). The Hall–Kier alpha value is -4.43. The second-order valence-corrected chi connectivity index (χ2v) is 9.86. The first-order valence-corrected chi connectivity index (χ1v) is 12.6. The highest BCUT2D eigenvalue weighted by Crippen LogP contribution is 2.32. The van der Waals surface area contributed by atoms with Crippen LogP contribution >= 0.6 is 11.3 Å². The third-order valence-corrected chi connectivity index (χ3v) is 6.59. The van der Waals surface area contributed by atoms with Crippen LogP contribution in [-0.4, -0.2) is 23.2 Å². The van der Waals surface area contributed by atoms with Crippen LogP contribution in [-0.2, 0) is 16.0 Å². The maximum absolute atomic E-state index is 14.4. The molecule has 4 aromatic rings. The minimum Gasteiger partial charge on any atom is -0.406 e. The summed E-state index contributed by atoms with van der Waals surface area (Å²) < 4.78 is 56.4. The number of thiazole rings is 1. The first-order valence-electron chi connectivity index (χ1n) is 11.8. The number of alkyl halides is 3. The predicted molar refractivity (Wildman–Crippen MR) is 139 cm³/mol. The molecule has 11 heteroatoms. The van der Waals surface area contributed by atoms with E-state index in [-0.39, 0.29) is 29.5 Å². The van der Waals surface area contributed by atoms with Crippen molar-refractivity contribution >= 4 is 44.2 Å². The van der Waals surface area contributed by atoms with E-state index in [1.807, 2.05) is 6.07 Å². The molecule has 1 saturated carbocycles. The highest BCUT2D eigenvalue weighted by Gasteiger charge is 2.31. The fourth-order valence-corrected chi connectivity index (χ4v) is 4.59. The average molecular weight is 554 g/mol. The minimum atomic E-state index is -4.85. The molecule has 0 bridgehead atoms. The molecule has 0 spiro atoms. The number of hydrogen-bond donors (Lipinski definition) is 2. The molecular weight excluding hydrogens is 534 g/mol. The van der Waals surface area contributed by atoms with Crippen molar-refractivity contribution in [3.05, 3.63) is 83.2 Å². The Balaban J connectivity index is 1.26. The van der Waals surface area contributed by atoms with Gasteiger partial charge in [0.25, 0.3) is 0 Å². The number of hydrogen-bond acceptors (Lipinski definition) is 5. The van der Waals surface area contributed by atoms with Gasteiger partial charge in [-0.3, -0.25) is 9.59 Å². The second-order valence-electron chi connectivity index (χ2n) is 8.83. The number of anilines is 2. The monoisotopic (exact) mass is 553 g/mol. The summed E-state index contributed by atoms with van der Waals surface area (Å²) in [5.41, 5.74) is 2.01. The molecule has 1 aliphatic carbocycles. The summed E-state index contributed by atoms with van der Waals surface area (Å²) in [5.74, 6) is 4.23. The molecule has 1 fully saturated rings. The summed E-state index contributed by atoms with van der Waals surface area (Å²) in [4.78, 5) is 28.9. The highest BCUT2D eigenvalue weighted by molar-refractivity contribution is 7.22. The summed E-state index contributed by atoms with van der Waals surface area (Å²) in [6.07, 6.45) is -3.34. The van der Waals surface area contributed by atoms with E-state index in [9.17, 15) is 27.2 Å². The SMILES string of the molecule is O=C(Cc1cccc(OC(F)(F)F)c1)Nc1cc(C#Cc2ccc3nc(NC(=O)C4CC4)sc3c2)ccc1F. The Morgan fingerprint density at radius 2 is 1.74 bits per heavy atom. The highest BCUT2D eigenvalue weighted by atomic mass is 32.1. The van der Waals surface area contributed by atoms with Gasteiger partial charge in [0.2, 0.25) is 11.8 Å². The Kier molecular flexibility index (Phi) is 7.21. The van der Waals surface area contributed by atoms with Gasteiger partial charge in [-0.2, -0.15) is 0 Å². The van der Waals surface area contributed by atoms with Crippen LogP contribution in [0.1, 0.15) is 29.5 Å². The molecule has 0 atom stereocenters. The van der Waals surface area contributed by atoms with Crippen LogP contribution in [0.5, 0.6) is 5.75 Å². The van der Waals surface area contributed by atoms with Gasteiger partial charge in [0.1, 0.15) is 11.6 Å². The number of carbonyl (C=O) groups excluding carboxylic acids is 2. The van der Waals surface area contributed by atoms with Gasteiger partial charge >= 0.3 is 6.36 Å². The van der Waals surface area contributed by atoms with Crippen LogP contribution in [0.2, 0.25) is 0 Å². The smallest absolute Gasteiger partial charge is 0.406 e. The topological polar surface area (TPSA) is 80.3 Å². The number of aromatic nitrogens is 1. The van der Waals surface area contributed by atoms with E-state index >= 15 is 0 Å². The molecular formula is C28H19F4N3O3S. The van der Waals surface area contributed by atoms with Gasteiger partial charge in [-0.05, 0) is 66.9 Å². The van der Waals surface area contributed by atoms with E-state index in [1.54, 1.807) is 12.1 Å². The van der Waals surface area contributed by atoms with Gasteiger partial charge in [-0.25, -0.2) is 9.37 Å². The number of nitrogens with one attached hydrogen (secondary N) is 2. The number of ether oxygens (including phenoxy) is 1. The number of rotatable bonds is 6. The fraction of sp³-hybridized carbons (Fsp3) is 0.179. The predicted octanol–water partition coefficient (Wildman–Crippen LogP) is 6.26. The molecule has 0 unspecified atom stereocenters. The largest absolute Gasteiger partial charge is 0.573 e. The Labute approximate surface area is 224 Å². The lowest BCUT2D eigenvalue weighted by molar-refractivity contribution is -0.274. The van der Waals surface area contributed by atoms with E-state index < -0.39 is 23.8 Å². The normalized spacial score (nSPS) is 12.9. The van der Waals surface area contributed by atoms with Crippen molar-refractivity contribution in [1.29, 1.82) is 0 Å². The van der Waals surface area contributed by atoms with E-state index in [1.165, 1.54) is 41.7 Å². The lowest BCUT2D eigenvalue weighted by Gasteiger charge is -2.10. The Morgan fingerprint density at radius 3 is 2.49 bits per heavy atom. The van der Waals surface area contributed by atoms with Gasteiger partial charge in [0.05, 0.1) is 22.3 Å². The molecule has 0 saturated heterocycles. The molecule has 1 aromatic heterocycles.